The Kier molecular flexibility index (Phi) is 1.47. The van der Waals surface area contributed by atoms with E-state index >= 15 is 0 Å². The number of thiophene rings is 1. The third kappa shape index (κ3) is 0.952. The molecule has 0 spiro atoms. The average Bonchev–Trinajstić information content (AvgIpc) is 2.47. The monoisotopic (exact) mass is 165 g/mol. The molecule has 0 aliphatic rings. The molecule has 0 saturated heterocycles. The lowest BCUT2D eigenvalue weighted by Crippen LogP contribution is -1.84. The number of rotatable bonds is 1. The van der Waals surface area contributed by atoms with E-state index in [0.717, 1.165) is 15.9 Å². The topological polar surface area (TPSA) is 37.8 Å². The van der Waals surface area contributed by atoms with Crippen LogP contribution in [-0.2, 0) is 0 Å². The number of fused-ring (bicyclic) bond motifs is 1. The maximum absolute atomic E-state index is 4.11. The van der Waals surface area contributed by atoms with Crippen LogP contribution < -0.4 is 5.32 Å². The molecule has 56 valence electrons. The number of aromatic nitrogens is 2. The molecule has 2 heterocycles. The molecule has 4 heteroatoms. The molecular weight excluding hydrogens is 158 g/mol. The zero-order valence-electron chi connectivity index (χ0n) is 6.03. The zero-order chi connectivity index (χ0) is 7.68. The van der Waals surface area contributed by atoms with E-state index in [1.165, 1.54) is 0 Å². The summed E-state index contributed by atoms with van der Waals surface area (Å²) in [5.74, 6) is 0. The summed E-state index contributed by atoms with van der Waals surface area (Å²) in [6.07, 6.45) is 3.39. The third-order valence-corrected chi connectivity index (χ3v) is 2.50. The van der Waals surface area contributed by atoms with Crippen molar-refractivity contribution in [1.29, 1.82) is 0 Å². The molecule has 0 fully saturated rings. The van der Waals surface area contributed by atoms with E-state index in [9.17, 15) is 0 Å². The molecular formula is C7H7N3S. The second-order valence-corrected chi connectivity index (χ2v) is 3.02. The molecule has 0 saturated carbocycles. The van der Waals surface area contributed by atoms with Crippen LogP contribution in [-0.4, -0.2) is 17.0 Å². The lowest BCUT2D eigenvalue weighted by molar-refractivity contribution is 1.23. The van der Waals surface area contributed by atoms with Crippen LogP contribution in [0, 0.1) is 0 Å². The summed E-state index contributed by atoms with van der Waals surface area (Å²) in [5.41, 5.74) is 1.01. The van der Waals surface area contributed by atoms with E-state index in [-0.39, 0.29) is 0 Å². The van der Waals surface area contributed by atoms with Crippen molar-refractivity contribution in [2.75, 3.05) is 12.4 Å². The van der Waals surface area contributed by atoms with Crippen LogP contribution >= 0.6 is 11.3 Å². The minimum Gasteiger partial charge on any atom is -0.379 e. The van der Waals surface area contributed by atoms with Gasteiger partial charge in [0.1, 0.15) is 6.33 Å². The van der Waals surface area contributed by atoms with Gasteiger partial charge in [-0.25, -0.2) is 9.97 Å². The molecule has 0 unspecified atom stereocenters. The highest BCUT2D eigenvalue weighted by molar-refractivity contribution is 7.16. The SMILES string of the molecule is CNc1scc2ncncc12. The number of hydrogen-bond donors (Lipinski definition) is 1. The second-order valence-electron chi connectivity index (χ2n) is 2.14. The van der Waals surface area contributed by atoms with Crippen molar-refractivity contribution in [1.82, 2.24) is 9.97 Å². The van der Waals surface area contributed by atoms with E-state index in [0.29, 0.717) is 0 Å². The summed E-state index contributed by atoms with van der Waals surface area (Å²) in [7, 11) is 1.90. The molecule has 0 aliphatic carbocycles. The quantitative estimate of drug-likeness (QED) is 0.699. The van der Waals surface area contributed by atoms with Crippen molar-refractivity contribution in [3.8, 4) is 0 Å². The van der Waals surface area contributed by atoms with Gasteiger partial charge >= 0.3 is 0 Å². The van der Waals surface area contributed by atoms with Gasteiger partial charge in [-0.3, -0.25) is 0 Å². The highest BCUT2D eigenvalue weighted by Gasteiger charge is 2.00. The summed E-state index contributed by atoms with van der Waals surface area (Å²) in [6.45, 7) is 0. The highest BCUT2D eigenvalue weighted by atomic mass is 32.1. The Morgan fingerprint density at radius 1 is 1.55 bits per heavy atom. The second kappa shape index (κ2) is 2.47. The van der Waals surface area contributed by atoms with Crippen LogP contribution in [0.25, 0.3) is 10.9 Å². The van der Waals surface area contributed by atoms with Gasteiger partial charge in [-0.05, 0) is 0 Å². The first-order valence-electron chi connectivity index (χ1n) is 3.27. The van der Waals surface area contributed by atoms with Crippen LogP contribution in [0.2, 0.25) is 0 Å². The van der Waals surface area contributed by atoms with Gasteiger partial charge in [0.2, 0.25) is 0 Å². The van der Waals surface area contributed by atoms with E-state index in [1.807, 2.05) is 18.6 Å². The van der Waals surface area contributed by atoms with Gasteiger partial charge in [-0.15, -0.1) is 11.3 Å². The smallest absolute Gasteiger partial charge is 0.116 e. The standard InChI is InChI=1S/C7H7N3S/c1-8-7-5-2-9-4-10-6(5)3-11-7/h2-4,8H,1H3. The van der Waals surface area contributed by atoms with Gasteiger partial charge in [0.05, 0.1) is 15.9 Å². The van der Waals surface area contributed by atoms with Crippen LogP contribution in [0.1, 0.15) is 0 Å². The Hall–Kier alpha value is -1.16. The van der Waals surface area contributed by atoms with Crippen molar-refractivity contribution >= 4 is 27.2 Å². The fourth-order valence-corrected chi connectivity index (χ4v) is 1.80. The Morgan fingerprint density at radius 2 is 2.45 bits per heavy atom. The van der Waals surface area contributed by atoms with Crippen molar-refractivity contribution in [2.45, 2.75) is 0 Å². The molecule has 0 radical (unpaired) electrons. The van der Waals surface area contributed by atoms with Gasteiger partial charge in [0, 0.05) is 18.6 Å². The molecule has 0 atom stereocenters. The van der Waals surface area contributed by atoms with Crippen LogP contribution in [0.3, 0.4) is 0 Å². The van der Waals surface area contributed by atoms with Gasteiger partial charge in [0.15, 0.2) is 0 Å². The maximum Gasteiger partial charge on any atom is 0.116 e. The Morgan fingerprint density at radius 3 is 3.27 bits per heavy atom. The average molecular weight is 165 g/mol. The molecule has 2 rings (SSSR count). The van der Waals surface area contributed by atoms with Gasteiger partial charge in [-0.2, -0.15) is 0 Å². The summed E-state index contributed by atoms with van der Waals surface area (Å²) in [4.78, 5) is 8.06. The molecule has 0 amide bonds. The summed E-state index contributed by atoms with van der Waals surface area (Å²) in [5, 5.41) is 7.33. The molecule has 0 aliphatic heterocycles. The summed E-state index contributed by atoms with van der Waals surface area (Å²) < 4.78 is 0. The predicted octanol–water partition coefficient (Wildman–Crippen LogP) is 1.73. The lowest BCUT2D eigenvalue weighted by atomic mass is 10.4. The maximum atomic E-state index is 4.11. The minimum atomic E-state index is 1.01. The highest BCUT2D eigenvalue weighted by Crippen LogP contribution is 2.27. The van der Waals surface area contributed by atoms with Crippen molar-refractivity contribution < 1.29 is 0 Å². The first kappa shape index (κ1) is 6.54. The molecule has 11 heavy (non-hydrogen) atoms. The molecule has 3 nitrogen and oxygen atoms in total. The number of hydrogen-bond acceptors (Lipinski definition) is 4. The van der Waals surface area contributed by atoms with E-state index < -0.39 is 0 Å². The number of nitrogens with zero attached hydrogens (tertiary/aromatic N) is 2. The normalized spacial score (nSPS) is 10.3. The van der Waals surface area contributed by atoms with E-state index in [1.54, 1.807) is 17.7 Å². The molecule has 1 N–H and O–H groups in total. The van der Waals surface area contributed by atoms with Crippen LogP contribution in [0.4, 0.5) is 5.00 Å². The Labute approximate surface area is 68.1 Å². The molecule has 2 aromatic rings. The third-order valence-electron chi connectivity index (χ3n) is 1.50. The van der Waals surface area contributed by atoms with E-state index in [4.69, 9.17) is 0 Å². The first-order valence-corrected chi connectivity index (χ1v) is 4.15. The van der Waals surface area contributed by atoms with Crippen LogP contribution in [0.15, 0.2) is 17.9 Å². The minimum absolute atomic E-state index is 1.01. The first-order chi connectivity index (χ1) is 5.42. The summed E-state index contributed by atoms with van der Waals surface area (Å²) in [6, 6.07) is 0. The number of anilines is 1. The fourth-order valence-electron chi connectivity index (χ4n) is 0.980. The largest absolute Gasteiger partial charge is 0.379 e. The lowest BCUT2D eigenvalue weighted by Gasteiger charge is -1.92. The number of nitrogens with one attached hydrogen (secondary N) is 1. The van der Waals surface area contributed by atoms with Crippen molar-refractivity contribution in [2.24, 2.45) is 0 Å². The molecule has 0 aromatic carbocycles. The van der Waals surface area contributed by atoms with Crippen LogP contribution in [0.5, 0.6) is 0 Å². The molecule has 0 bridgehead atoms. The predicted molar refractivity (Wildman–Crippen MR) is 47.0 cm³/mol. The fraction of sp³-hybridized carbons (Fsp3) is 0.143. The Balaban J connectivity index is 2.76. The summed E-state index contributed by atoms with van der Waals surface area (Å²) >= 11 is 1.65. The zero-order valence-corrected chi connectivity index (χ0v) is 6.85. The molecule has 2 aromatic heterocycles. The van der Waals surface area contributed by atoms with Crippen molar-refractivity contribution in [3.63, 3.8) is 0 Å². The van der Waals surface area contributed by atoms with E-state index in [2.05, 4.69) is 15.3 Å². The Bertz CT molecular complexity index is 368. The van der Waals surface area contributed by atoms with Gasteiger partial charge < -0.3 is 5.32 Å². The van der Waals surface area contributed by atoms with Gasteiger partial charge in [0.25, 0.3) is 0 Å². The van der Waals surface area contributed by atoms with Crippen molar-refractivity contribution in [3.05, 3.63) is 17.9 Å². The van der Waals surface area contributed by atoms with Gasteiger partial charge in [-0.1, -0.05) is 0 Å².